The molecule has 12 aromatic rings. The number of nitrogens with two attached hydrogens (primary N) is 1. The molecule has 0 radical (unpaired) electrons. The van der Waals surface area contributed by atoms with Crippen LogP contribution in [-0.4, -0.2) is 193 Å². The van der Waals surface area contributed by atoms with Gasteiger partial charge in [0.15, 0.2) is 29.1 Å². The average Bonchev–Trinajstić information content (AvgIpc) is 0.796. The van der Waals surface area contributed by atoms with Gasteiger partial charge in [0.05, 0.1) is 86.5 Å². The van der Waals surface area contributed by atoms with Crippen molar-refractivity contribution in [3.63, 3.8) is 0 Å². The molecule has 0 saturated carbocycles. The van der Waals surface area contributed by atoms with Crippen LogP contribution in [0.4, 0.5) is 89.4 Å². The number of hydrogen-bond donors (Lipinski definition) is 11. The Morgan fingerprint density at radius 3 is 1.45 bits per heavy atom. The number of ether oxygens (including phenoxy) is 1. The molecule has 7 aromatic carbocycles. The van der Waals surface area contributed by atoms with E-state index in [-0.39, 0.29) is 119 Å². The summed E-state index contributed by atoms with van der Waals surface area (Å²) in [6.07, 6.45) is 0.288. The molecular formula is C91H90Br5F10N21O16. The van der Waals surface area contributed by atoms with E-state index in [0.29, 0.717) is 126 Å². The molecule has 2 saturated heterocycles. The molecule has 5 aromatic heterocycles. The van der Waals surface area contributed by atoms with Gasteiger partial charge >= 0.3 is 23.5 Å². The van der Waals surface area contributed by atoms with Crippen molar-refractivity contribution in [3.05, 3.63) is 288 Å². The van der Waals surface area contributed by atoms with Gasteiger partial charge in [0.25, 0.3) is 28.5 Å². The number of aliphatic imine (C=N–C) groups is 1. The normalized spacial score (nSPS) is 13.4. The summed E-state index contributed by atoms with van der Waals surface area (Å²) in [5.41, 5.74) is 9.26. The number of nitro benzene ring substituents is 2. The number of amides is 3. The van der Waals surface area contributed by atoms with Crippen LogP contribution >= 0.6 is 79.6 Å². The number of H-pyrrole nitrogens is 3. The number of nitrogens with zero attached hydrogens (tertiary/aromatic N) is 11. The van der Waals surface area contributed by atoms with Gasteiger partial charge in [-0.3, -0.25) is 63.5 Å². The first-order valence-corrected chi connectivity index (χ1v) is 46.4. The largest absolute Gasteiger partial charge is 0.468 e. The number of esters is 1. The number of anilines is 5. The topological polar surface area (TPSA) is 519 Å². The van der Waals surface area contributed by atoms with Gasteiger partial charge in [-0.1, -0.05) is 34.1 Å². The SMILES string of the molecule is CC(C)Nc1ccc(Br)c(F)c1[N+](=O)[O-].CC1Nc2ccc(Br)c(F)c2NC1=O.CNC(=O)c1ccc(N2CCN(Cc3ccc4c(c3F)CC(=O)C(C)=N4)CC2)c(F)n1.CNC(=O)c1ccc(N2CCNCC2)c(F)n1.COC(=O)C(C)N.Cc1nc2ccc(Br)c(F)c2[nH]c1=O.Cc1nc2ccc(CBr)c(F)c2[nH]c1=O.Cc1nc2ccc(CO)c(F)c2[nH]c1=O.O=C=O.O=[N+]([O-])c1c(F)ccc(Br)c1F. The number of hydrogen-bond acceptors (Lipinski definition) is 29. The number of aromatic amines is 3. The zero-order valence-electron chi connectivity index (χ0n) is 77.3. The van der Waals surface area contributed by atoms with E-state index in [1.807, 2.05) is 23.6 Å². The second-order valence-corrected chi connectivity index (χ2v) is 34.6. The van der Waals surface area contributed by atoms with Crippen molar-refractivity contribution in [2.45, 2.75) is 98.4 Å². The van der Waals surface area contributed by atoms with E-state index in [1.54, 1.807) is 114 Å². The monoisotopic (exact) mass is 2320 g/mol. The number of rotatable bonds is 13. The fraction of sp³-hybridized carbons (Fsp3) is 0.286. The lowest BCUT2D eigenvalue weighted by atomic mass is 9.97. The molecule has 52 heteroatoms. The van der Waals surface area contributed by atoms with Crippen molar-refractivity contribution in [2.75, 3.05) is 99.3 Å². The number of ketones is 1. The fourth-order valence-corrected chi connectivity index (χ4v) is 14.7. The maximum atomic E-state index is 15.0. The molecule has 37 nitrogen and oxygen atoms in total. The Kier molecular flexibility index (Phi) is 44.4. The number of carbonyl (C=O) groups is 5. The van der Waals surface area contributed by atoms with Gasteiger partial charge < -0.3 is 72.2 Å². The number of aliphatic hydroxyl groups is 1. The number of halogens is 15. The van der Waals surface area contributed by atoms with Crippen molar-refractivity contribution < 1.29 is 97.2 Å². The van der Waals surface area contributed by atoms with Gasteiger partial charge in [-0.15, -0.1) is 0 Å². The Balaban J connectivity index is 0.000000223. The van der Waals surface area contributed by atoms with Crippen LogP contribution in [0.5, 0.6) is 0 Å². The molecule has 4 aliphatic rings. The number of nitrogens with one attached hydrogen (secondary N) is 9. The van der Waals surface area contributed by atoms with Crippen LogP contribution in [0.2, 0.25) is 0 Å². The van der Waals surface area contributed by atoms with E-state index in [1.165, 1.54) is 45.5 Å². The summed E-state index contributed by atoms with van der Waals surface area (Å²) in [5.74, 6) is -8.44. The van der Waals surface area contributed by atoms with Crippen molar-refractivity contribution in [3.8, 4) is 0 Å². The molecule has 143 heavy (non-hydrogen) atoms. The summed E-state index contributed by atoms with van der Waals surface area (Å²) in [4.78, 5) is 162. The number of aromatic nitrogens is 8. The summed E-state index contributed by atoms with van der Waals surface area (Å²) in [7, 11) is 4.27. The molecular weight excluding hydrogens is 2230 g/mol. The number of aryl methyl sites for hydroxylation is 3. The molecule has 760 valence electrons. The van der Waals surface area contributed by atoms with E-state index in [9.17, 15) is 102 Å². The summed E-state index contributed by atoms with van der Waals surface area (Å²) in [6, 6.07) is 26.5. The highest BCUT2D eigenvalue weighted by molar-refractivity contribution is 9.11. The number of pyridine rings is 2. The van der Waals surface area contributed by atoms with Crippen LogP contribution in [0.1, 0.15) is 94.9 Å². The lowest BCUT2D eigenvalue weighted by Gasteiger charge is -2.36. The predicted octanol–water partition coefficient (Wildman–Crippen LogP) is 14.7. The molecule has 2 fully saturated rings. The number of nitro groups is 2. The number of alkyl halides is 1. The second kappa shape index (κ2) is 54.6. The van der Waals surface area contributed by atoms with Gasteiger partial charge in [-0.05, 0) is 210 Å². The third-order valence-electron chi connectivity index (χ3n) is 20.4. The Morgan fingerprint density at radius 1 is 0.566 bits per heavy atom. The number of fused-ring (bicyclic) bond motifs is 5. The summed E-state index contributed by atoms with van der Waals surface area (Å²) >= 11 is 14.9. The third-order valence-corrected chi connectivity index (χ3v) is 23.5. The number of methoxy groups -OCH3 is 1. The van der Waals surface area contributed by atoms with Crippen LogP contribution in [0.25, 0.3) is 33.1 Å². The van der Waals surface area contributed by atoms with E-state index >= 15 is 0 Å². The smallest absolute Gasteiger partial charge is 0.373 e. The van der Waals surface area contributed by atoms with Gasteiger partial charge in [-0.25, -0.2) is 51.9 Å². The molecule has 16 rings (SSSR count). The van der Waals surface area contributed by atoms with Crippen LogP contribution in [-0.2, 0) is 53.6 Å². The van der Waals surface area contributed by atoms with Crippen LogP contribution in [0, 0.1) is 99.4 Å². The van der Waals surface area contributed by atoms with Crippen LogP contribution in [0.3, 0.4) is 0 Å². The second-order valence-electron chi connectivity index (χ2n) is 30.7. The maximum Gasteiger partial charge on any atom is 0.373 e. The van der Waals surface area contributed by atoms with E-state index in [4.69, 9.17) is 20.4 Å². The fourth-order valence-electron chi connectivity index (χ4n) is 13.0. The first-order chi connectivity index (χ1) is 67.6. The lowest BCUT2D eigenvalue weighted by molar-refractivity contribution is -0.390. The number of carbonyl (C=O) groups excluding carboxylic acids is 7. The minimum absolute atomic E-state index is 0.00396. The Bertz CT molecular complexity index is 6900. The minimum Gasteiger partial charge on any atom is -0.468 e. The minimum atomic E-state index is -1.19. The zero-order valence-corrected chi connectivity index (χ0v) is 85.3. The van der Waals surface area contributed by atoms with Gasteiger partial charge in [0.1, 0.15) is 74.3 Å². The number of aliphatic hydroxyl groups excluding tert-OH is 1. The Labute approximate surface area is 847 Å². The summed E-state index contributed by atoms with van der Waals surface area (Å²) < 4.78 is 141. The Hall–Kier alpha value is -13.6. The molecule has 0 bridgehead atoms. The maximum absolute atomic E-state index is 15.0. The van der Waals surface area contributed by atoms with E-state index in [0.717, 1.165) is 38.3 Å². The van der Waals surface area contributed by atoms with E-state index < -0.39 is 98.0 Å². The van der Waals surface area contributed by atoms with E-state index in [2.05, 4.69) is 166 Å². The highest BCUT2D eigenvalue weighted by Crippen LogP contribution is 2.37. The molecule has 3 amide bonds. The standard InChI is InChI=1S/C22H23F2N5O2.C11H15FN4O.C10H8BrFN2O.C10H9FN2O2.C9H10BrFN2O2.C9H8BrFN2O.C9H6BrFN2O.C6H2BrF2NO2.C4H9NO2.CO2/c1-13-19(30)11-15-16(26-13)4-3-14(20(15)23)12-28-7-9-29(10-8-28)18-6-5-17(22(31)25-2)27-21(18)24;1-13-11(17)8-2-3-9(10(12)15-8)16-6-4-14-5-7-16;1-5-10(15)14-9-7(13-5)3-2-6(4-11)8(9)12;1-5-10(15)13-9-7(12-5)3-2-6(4-14)8(9)11;1-5(2)12-7-4-3-6(10)8(11)9(7)13(14)15;2*1-4-9(14)13-8-6(12-4)3-2-5(10)7(8)11;7-3-1-2-4(8)6(5(3)9)10(11)12;1-3(5)4(6)7-2;2-1-3/h3-6H,7-12H2,1-2H3,(H,25,31);2-3,14H,4-7H2,1H3,(H,13,17);2-3H,4H2,1H3,(H,14,15);2-3,14H,4H2,1H3,(H,13,15);3-5,12H,1-2H3;2-4,12H,1H3,(H,13,14);2-3H,1H3,(H,13,14);1-2H;3H,5H2,1-2H3;. The lowest BCUT2D eigenvalue weighted by Crippen LogP contribution is -2.46. The molecule has 0 aliphatic carbocycles. The van der Waals surface area contributed by atoms with Crippen LogP contribution < -0.4 is 64.1 Å². The first kappa shape index (κ1) is 116. The molecule has 2 unspecified atom stereocenters. The average molecular weight is 2320 g/mol. The highest BCUT2D eigenvalue weighted by atomic mass is 79.9. The summed E-state index contributed by atoms with van der Waals surface area (Å²) in [5, 5.41) is 46.3. The molecule has 4 aliphatic heterocycles. The van der Waals surface area contributed by atoms with Gasteiger partial charge in [0.2, 0.25) is 35.3 Å². The van der Waals surface area contributed by atoms with Crippen molar-refractivity contribution in [2.24, 2.45) is 10.7 Å². The third kappa shape index (κ3) is 31.4. The molecule has 2 atom stereocenters. The van der Waals surface area contributed by atoms with Gasteiger partial charge in [0, 0.05) is 113 Å². The quantitative estimate of drug-likeness (QED) is 0.00971. The highest BCUT2D eigenvalue weighted by Gasteiger charge is 2.30. The van der Waals surface area contributed by atoms with Crippen molar-refractivity contribution in [1.29, 1.82) is 0 Å². The molecule has 9 heterocycles. The van der Waals surface area contributed by atoms with Crippen molar-refractivity contribution in [1.82, 2.24) is 60.7 Å². The summed E-state index contributed by atoms with van der Waals surface area (Å²) in [6.45, 7) is 18.8. The predicted molar refractivity (Wildman–Crippen MR) is 530 cm³/mol. The number of Topliss-reactive ketones (excluding diaryl/α,β-unsaturated/α-hetero) is 1. The Morgan fingerprint density at radius 2 is 1.00 bits per heavy atom. The zero-order chi connectivity index (χ0) is 106. The number of piperazine rings is 2. The number of benzene rings is 7. The molecule has 0 spiro atoms. The van der Waals surface area contributed by atoms with Crippen molar-refractivity contribution >= 4 is 200 Å². The van der Waals surface area contributed by atoms with Crippen LogP contribution in [0.15, 0.2) is 146 Å². The molecule has 12 N–H and O–H groups in total. The first-order valence-electron chi connectivity index (χ1n) is 42.1. The van der Waals surface area contributed by atoms with Gasteiger partial charge in [-0.2, -0.15) is 31.5 Å².